The molecule has 0 spiro atoms. The van der Waals surface area contributed by atoms with Crippen molar-refractivity contribution in [2.75, 3.05) is 11.4 Å². The second-order valence-corrected chi connectivity index (χ2v) is 3.96. The maximum absolute atomic E-state index is 12.3. The molecule has 1 aromatic rings. The van der Waals surface area contributed by atoms with Crippen LogP contribution in [0.15, 0.2) is 6.33 Å². The summed E-state index contributed by atoms with van der Waals surface area (Å²) < 4.78 is 0. The zero-order valence-corrected chi connectivity index (χ0v) is 10.6. The van der Waals surface area contributed by atoms with Crippen LogP contribution in [0.3, 0.4) is 0 Å². The lowest BCUT2D eigenvalue weighted by Gasteiger charge is -2.23. The Morgan fingerprint density at radius 1 is 1.44 bits per heavy atom. The predicted octanol–water partition coefficient (Wildman–Crippen LogP) is 1.05. The monoisotopic (exact) mass is 254 g/mol. The summed E-state index contributed by atoms with van der Waals surface area (Å²) in [6.07, 6.45) is 2.61. The van der Waals surface area contributed by atoms with E-state index in [2.05, 4.69) is 15.2 Å². The van der Waals surface area contributed by atoms with Crippen molar-refractivity contribution in [2.24, 2.45) is 5.92 Å². The molecule has 0 aromatic carbocycles. The zero-order chi connectivity index (χ0) is 13.5. The van der Waals surface area contributed by atoms with E-state index in [1.807, 2.05) is 13.8 Å². The molecule has 1 heterocycles. The number of anilines is 1. The number of nitrogens with zero attached hydrogens (tertiary/aromatic N) is 3. The number of rotatable bonds is 7. The van der Waals surface area contributed by atoms with Crippen LogP contribution in [-0.2, 0) is 9.59 Å². The van der Waals surface area contributed by atoms with Gasteiger partial charge in [-0.2, -0.15) is 10.1 Å². The lowest BCUT2D eigenvalue weighted by atomic mass is 10.0. The fourth-order valence-corrected chi connectivity index (χ4v) is 1.72. The third-order valence-electron chi connectivity index (χ3n) is 2.81. The first kappa shape index (κ1) is 14.1. The predicted molar refractivity (Wildman–Crippen MR) is 65.1 cm³/mol. The average molecular weight is 254 g/mol. The molecule has 7 heteroatoms. The Kier molecular flexibility index (Phi) is 5.29. The molecule has 0 aliphatic carbocycles. The minimum Gasteiger partial charge on any atom is -0.481 e. The van der Waals surface area contributed by atoms with E-state index in [9.17, 15) is 9.59 Å². The number of nitrogens with one attached hydrogen (secondary N) is 1. The molecule has 0 atom stereocenters. The van der Waals surface area contributed by atoms with Crippen LogP contribution in [0.25, 0.3) is 0 Å². The first-order valence-corrected chi connectivity index (χ1v) is 5.98. The lowest BCUT2D eigenvalue weighted by Crippen LogP contribution is -2.38. The standard InChI is InChI=1S/C11H18N4O3/c1-3-8(4-2)10(18)15(6-5-9(16)17)11-12-7-13-14-11/h7-8H,3-6H2,1-2H3,(H,16,17)(H,12,13,14). The highest BCUT2D eigenvalue weighted by atomic mass is 16.4. The Labute approximate surface area is 105 Å². The van der Waals surface area contributed by atoms with Gasteiger partial charge in [-0.05, 0) is 12.8 Å². The Balaban J connectivity index is 2.83. The number of aromatic amines is 1. The van der Waals surface area contributed by atoms with Gasteiger partial charge < -0.3 is 5.11 Å². The number of H-pyrrole nitrogens is 1. The van der Waals surface area contributed by atoms with Crippen molar-refractivity contribution in [2.45, 2.75) is 33.1 Å². The number of carbonyl (C=O) groups is 2. The van der Waals surface area contributed by atoms with E-state index < -0.39 is 5.97 Å². The van der Waals surface area contributed by atoms with Crippen LogP contribution in [0.1, 0.15) is 33.1 Å². The van der Waals surface area contributed by atoms with Gasteiger partial charge in [0.2, 0.25) is 11.9 Å². The molecule has 0 saturated carbocycles. The van der Waals surface area contributed by atoms with Gasteiger partial charge in [0.05, 0.1) is 6.42 Å². The Morgan fingerprint density at radius 2 is 2.11 bits per heavy atom. The molecule has 0 fully saturated rings. The van der Waals surface area contributed by atoms with Crippen molar-refractivity contribution in [3.05, 3.63) is 6.33 Å². The normalized spacial score (nSPS) is 10.6. The lowest BCUT2D eigenvalue weighted by molar-refractivity contribution is -0.136. The van der Waals surface area contributed by atoms with Gasteiger partial charge in [-0.25, -0.2) is 5.10 Å². The average Bonchev–Trinajstić information content (AvgIpc) is 2.84. The number of aromatic nitrogens is 3. The molecule has 0 aliphatic heterocycles. The van der Waals surface area contributed by atoms with Crippen LogP contribution < -0.4 is 4.90 Å². The van der Waals surface area contributed by atoms with E-state index in [1.54, 1.807) is 0 Å². The molecular weight excluding hydrogens is 236 g/mol. The van der Waals surface area contributed by atoms with Gasteiger partial charge in [0.1, 0.15) is 6.33 Å². The Bertz CT molecular complexity index is 387. The third kappa shape index (κ3) is 3.54. The zero-order valence-electron chi connectivity index (χ0n) is 10.6. The minimum atomic E-state index is -0.947. The van der Waals surface area contributed by atoms with Crippen LogP contribution in [0, 0.1) is 5.92 Å². The minimum absolute atomic E-state index is 0.0971. The number of amides is 1. The molecule has 18 heavy (non-hydrogen) atoms. The SMILES string of the molecule is CCC(CC)C(=O)N(CCC(=O)O)c1ncn[nH]1. The Morgan fingerprint density at radius 3 is 2.56 bits per heavy atom. The summed E-state index contributed by atoms with van der Waals surface area (Å²) in [6.45, 7) is 3.96. The molecule has 100 valence electrons. The van der Waals surface area contributed by atoms with E-state index in [-0.39, 0.29) is 24.8 Å². The summed E-state index contributed by atoms with van der Waals surface area (Å²) in [5.41, 5.74) is 0. The highest BCUT2D eigenvalue weighted by Crippen LogP contribution is 2.16. The van der Waals surface area contributed by atoms with Gasteiger partial charge in [-0.15, -0.1) is 0 Å². The molecule has 1 amide bonds. The van der Waals surface area contributed by atoms with E-state index in [1.165, 1.54) is 11.2 Å². The summed E-state index contributed by atoms with van der Waals surface area (Å²) in [7, 11) is 0. The number of carboxylic acid groups (broad SMARTS) is 1. The number of hydrogen-bond acceptors (Lipinski definition) is 4. The van der Waals surface area contributed by atoms with Crippen LogP contribution in [0.5, 0.6) is 0 Å². The van der Waals surface area contributed by atoms with Crippen LogP contribution in [-0.4, -0.2) is 38.7 Å². The van der Waals surface area contributed by atoms with E-state index >= 15 is 0 Å². The number of carbonyl (C=O) groups excluding carboxylic acids is 1. The van der Waals surface area contributed by atoms with Gasteiger partial charge in [-0.1, -0.05) is 13.8 Å². The van der Waals surface area contributed by atoms with Crippen molar-refractivity contribution in [3.8, 4) is 0 Å². The molecule has 1 aromatic heterocycles. The third-order valence-corrected chi connectivity index (χ3v) is 2.81. The van der Waals surface area contributed by atoms with Crippen molar-refractivity contribution in [3.63, 3.8) is 0 Å². The summed E-state index contributed by atoms with van der Waals surface area (Å²) in [5, 5.41) is 15.0. The largest absolute Gasteiger partial charge is 0.481 e. The molecule has 1 rings (SSSR count). The second kappa shape index (κ2) is 6.73. The van der Waals surface area contributed by atoms with E-state index in [4.69, 9.17) is 5.11 Å². The smallest absolute Gasteiger partial charge is 0.305 e. The van der Waals surface area contributed by atoms with Crippen LogP contribution in [0.2, 0.25) is 0 Å². The summed E-state index contributed by atoms with van der Waals surface area (Å²) >= 11 is 0. The second-order valence-electron chi connectivity index (χ2n) is 3.96. The van der Waals surface area contributed by atoms with Gasteiger partial charge in [0, 0.05) is 12.5 Å². The van der Waals surface area contributed by atoms with Crippen molar-refractivity contribution in [1.29, 1.82) is 0 Å². The van der Waals surface area contributed by atoms with Crippen molar-refractivity contribution in [1.82, 2.24) is 15.2 Å². The summed E-state index contributed by atoms with van der Waals surface area (Å²) in [4.78, 5) is 28.2. The van der Waals surface area contributed by atoms with Crippen LogP contribution in [0.4, 0.5) is 5.95 Å². The fraction of sp³-hybridized carbons (Fsp3) is 0.636. The molecule has 2 N–H and O–H groups in total. The number of hydrogen-bond donors (Lipinski definition) is 2. The summed E-state index contributed by atoms with van der Waals surface area (Å²) in [5.74, 6) is -0.882. The van der Waals surface area contributed by atoms with Gasteiger partial charge >= 0.3 is 5.97 Å². The highest BCUT2D eigenvalue weighted by Gasteiger charge is 2.25. The van der Waals surface area contributed by atoms with Gasteiger partial charge in [0.25, 0.3) is 0 Å². The molecule has 0 radical (unpaired) electrons. The van der Waals surface area contributed by atoms with Crippen molar-refractivity contribution >= 4 is 17.8 Å². The molecule has 0 saturated heterocycles. The molecule has 0 bridgehead atoms. The first-order chi connectivity index (χ1) is 8.60. The molecular formula is C11H18N4O3. The van der Waals surface area contributed by atoms with E-state index in [0.717, 1.165) is 0 Å². The van der Waals surface area contributed by atoms with Crippen LogP contribution >= 0.6 is 0 Å². The molecule has 0 unspecified atom stereocenters. The fourth-order valence-electron chi connectivity index (χ4n) is 1.72. The Hall–Kier alpha value is -1.92. The van der Waals surface area contributed by atoms with Crippen molar-refractivity contribution < 1.29 is 14.7 Å². The summed E-state index contributed by atoms with van der Waals surface area (Å²) in [6, 6.07) is 0. The maximum atomic E-state index is 12.3. The van der Waals surface area contributed by atoms with E-state index in [0.29, 0.717) is 18.8 Å². The quantitative estimate of drug-likeness (QED) is 0.757. The van der Waals surface area contributed by atoms with Gasteiger partial charge in [0.15, 0.2) is 0 Å². The highest BCUT2D eigenvalue weighted by molar-refractivity contribution is 5.93. The topological polar surface area (TPSA) is 99.2 Å². The van der Waals surface area contributed by atoms with Gasteiger partial charge in [-0.3, -0.25) is 14.5 Å². The first-order valence-electron chi connectivity index (χ1n) is 5.98. The maximum Gasteiger partial charge on any atom is 0.305 e. The number of aliphatic carboxylic acids is 1. The number of carboxylic acids is 1. The molecule has 7 nitrogen and oxygen atoms in total. The molecule has 0 aliphatic rings.